The molecule has 1 unspecified atom stereocenters. The van der Waals surface area contributed by atoms with E-state index in [1.165, 1.54) is 6.07 Å². The highest BCUT2D eigenvalue weighted by Gasteiger charge is 2.49. The van der Waals surface area contributed by atoms with Gasteiger partial charge in [0.1, 0.15) is 29.8 Å². The Morgan fingerprint density at radius 3 is 3.03 bits per heavy atom. The number of ether oxygens (including phenoxy) is 1. The Morgan fingerprint density at radius 2 is 2.21 bits per heavy atom. The summed E-state index contributed by atoms with van der Waals surface area (Å²) in [5, 5.41) is 15.5. The van der Waals surface area contributed by atoms with Gasteiger partial charge >= 0.3 is 0 Å². The minimum absolute atomic E-state index is 0.211. The highest BCUT2D eigenvalue weighted by Crippen LogP contribution is 2.55. The van der Waals surface area contributed by atoms with Crippen LogP contribution in [0.1, 0.15) is 34.9 Å². The molecule has 3 aromatic heterocycles. The molecule has 2 atom stereocenters. The van der Waals surface area contributed by atoms with Gasteiger partial charge in [0.2, 0.25) is 5.95 Å². The molecule has 0 spiro atoms. The van der Waals surface area contributed by atoms with Gasteiger partial charge in [0.05, 0.1) is 16.8 Å². The molecule has 1 saturated carbocycles. The Hall–Kier alpha value is -3.49. The molecule has 4 heterocycles. The van der Waals surface area contributed by atoms with Crippen LogP contribution in [0.3, 0.4) is 0 Å². The SMILES string of the molecule is Cc1noc(C)c1-c1cnc(NCc2c(F)ccc3c2[C@H]2CC2O3)n2cnnc12. The lowest BCUT2D eigenvalue weighted by Gasteiger charge is -2.13. The summed E-state index contributed by atoms with van der Waals surface area (Å²) in [6, 6.07) is 3.18. The molecular formula is C20H17FN6O2. The third-order valence-corrected chi connectivity index (χ3v) is 5.70. The Balaban J connectivity index is 1.37. The van der Waals surface area contributed by atoms with E-state index in [1.807, 2.05) is 13.8 Å². The van der Waals surface area contributed by atoms with Crippen molar-refractivity contribution in [1.29, 1.82) is 0 Å². The third-order valence-electron chi connectivity index (χ3n) is 5.70. The number of nitrogens with zero attached hydrogens (tertiary/aromatic N) is 5. The first-order valence-electron chi connectivity index (χ1n) is 9.45. The number of aryl methyl sites for hydroxylation is 2. The van der Waals surface area contributed by atoms with Crippen LogP contribution in [0.4, 0.5) is 10.3 Å². The fourth-order valence-electron chi connectivity index (χ4n) is 4.24. The Morgan fingerprint density at radius 1 is 1.31 bits per heavy atom. The number of rotatable bonds is 4. The van der Waals surface area contributed by atoms with Crippen molar-refractivity contribution in [3.05, 3.63) is 53.1 Å². The molecule has 0 bridgehead atoms. The van der Waals surface area contributed by atoms with Crippen molar-refractivity contribution in [3.63, 3.8) is 0 Å². The molecule has 8 nitrogen and oxygen atoms in total. The molecule has 1 fully saturated rings. The van der Waals surface area contributed by atoms with Crippen molar-refractivity contribution >= 4 is 11.6 Å². The summed E-state index contributed by atoms with van der Waals surface area (Å²) in [4.78, 5) is 4.53. The van der Waals surface area contributed by atoms with Gasteiger partial charge in [0, 0.05) is 29.8 Å². The quantitative estimate of drug-likeness (QED) is 0.569. The van der Waals surface area contributed by atoms with E-state index in [0.717, 1.165) is 34.6 Å². The maximum absolute atomic E-state index is 14.6. The summed E-state index contributed by atoms with van der Waals surface area (Å²) >= 11 is 0. The number of halogens is 1. The monoisotopic (exact) mass is 392 g/mol. The molecule has 1 aromatic carbocycles. The van der Waals surface area contributed by atoms with E-state index >= 15 is 0 Å². The van der Waals surface area contributed by atoms with Gasteiger partial charge in [-0.05, 0) is 32.4 Å². The van der Waals surface area contributed by atoms with Crippen LogP contribution in [0.25, 0.3) is 16.8 Å². The average molecular weight is 392 g/mol. The fourth-order valence-corrected chi connectivity index (χ4v) is 4.24. The van der Waals surface area contributed by atoms with Crippen LogP contribution in [-0.2, 0) is 6.54 Å². The lowest BCUT2D eigenvalue weighted by Crippen LogP contribution is -2.10. The molecule has 0 amide bonds. The van der Waals surface area contributed by atoms with Crippen molar-refractivity contribution in [3.8, 4) is 16.9 Å². The minimum atomic E-state index is -0.236. The van der Waals surface area contributed by atoms with Gasteiger partial charge in [-0.3, -0.25) is 4.40 Å². The molecule has 2 aliphatic rings. The first-order chi connectivity index (χ1) is 14.1. The summed E-state index contributed by atoms with van der Waals surface area (Å²) in [5.41, 5.74) is 4.63. The van der Waals surface area contributed by atoms with Crippen molar-refractivity contribution in [2.75, 3.05) is 5.32 Å². The van der Waals surface area contributed by atoms with E-state index in [0.29, 0.717) is 35.4 Å². The highest BCUT2D eigenvalue weighted by molar-refractivity contribution is 5.80. The number of fused-ring (bicyclic) bond motifs is 4. The second-order valence-electron chi connectivity index (χ2n) is 7.51. The van der Waals surface area contributed by atoms with E-state index in [4.69, 9.17) is 9.26 Å². The second-order valence-corrected chi connectivity index (χ2v) is 7.51. The number of hydrogen-bond acceptors (Lipinski definition) is 7. The van der Waals surface area contributed by atoms with Gasteiger partial charge in [-0.25, -0.2) is 9.37 Å². The van der Waals surface area contributed by atoms with E-state index in [1.54, 1.807) is 23.0 Å². The predicted octanol–water partition coefficient (Wildman–Crippen LogP) is 3.40. The lowest BCUT2D eigenvalue weighted by molar-refractivity contribution is 0.318. The summed E-state index contributed by atoms with van der Waals surface area (Å²) in [6.45, 7) is 4.02. The Kier molecular flexibility index (Phi) is 3.27. The molecule has 4 aromatic rings. The van der Waals surface area contributed by atoms with Crippen molar-refractivity contribution in [1.82, 2.24) is 24.7 Å². The zero-order chi connectivity index (χ0) is 19.7. The van der Waals surface area contributed by atoms with Gasteiger partial charge in [0.25, 0.3) is 0 Å². The topological polar surface area (TPSA) is 90.4 Å². The van der Waals surface area contributed by atoms with E-state index < -0.39 is 0 Å². The van der Waals surface area contributed by atoms with Gasteiger partial charge in [-0.1, -0.05) is 5.16 Å². The minimum Gasteiger partial charge on any atom is -0.489 e. The zero-order valence-electron chi connectivity index (χ0n) is 15.8. The first kappa shape index (κ1) is 16.5. The molecular weight excluding hydrogens is 375 g/mol. The molecule has 0 saturated heterocycles. The summed E-state index contributed by atoms with van der Waals surface area (Å²) in [5.74, 6) is 2.09. The normalized spacial score (nSPS) is 19.1. The summed E-state index contributed by atoms with van der Waals surface area (Å²) in [7, 11) is 0. The summed E-state index contributed by atoms with van der Waals surface area (Å²) in [6.07, 6.45) is 4.47. The van der Waals surface area contributed by atoms with Crippen LogP contribution in [0.5, 0.6) is 5.75 Å². The largest absolute Gasteiger partial charge is 0.489 e. The van der Waals surface area contributed by atoms with Gasteiger partial charge < -0.3 is 14.6 Å². The van der Waals surface area contributed by atoms with Crippen LogP contribution >= 0.6 is 0 Å². The van der Waals surface area contributed by atoms with Gasteiger partial charge in [-0.15, -0.1) is 10.2 Å². The molecule has 146 valence electrons. The van der Waals surface area contributed by atoms with Crippen molar-refractivity contribution < 1.29 is 13.7 Å². The standard InChI is InChI=1S/C20H17FN6O2/c1-9-17(10(2)29-26-9)13-7-23-20(27-8-24-25-19(13)27)22-6-12-14(21)3-4-15-18(12)11-5-16(11)28-15/h3-4,7-8,11,16H,5-6H2,1-2H3,(H,22,23)/t11-,16?/m0/s1. The van der Waals surface area contributed by atoms with E-state index in [2.05, 4.69) is 25.7 Å². The molecule has 6 rings (SSSR count). The lowest BCUT2D eigenvalue weighted by atomic mass is 10.0. The van der Waals surface area contributed by atoms with Crippen LogP contribution < -0.4 is 10.1 Å². The van der Waals surface area contributed by atoms with Gasteiger partial charge in [0.15, 0.2) is 5.65 Å². The zero-order valence-corrected chi connectivity index (χ0v) is 15.8. The number of benzene rings is 1. The third kappa shape index (κ3) is 2.36. The van der Waals surface area contributed by atoms with E-state index in [9.17, 15) is 4.39 Å². The molecule has 1 aliphatic heterocycles. The van der Waals surface area contributed by atoms with Crippen molar-refractivity contribution in [2.45, 2.75) is 38.8 Å². The van der Waals surface area contributed by atoms with Gasteiger partial charge in [-0.2, -0.15) is 0 Å². The molecule has 0 radical (unpaired) electrons. The van der Waals surface area contributed by atoms with Crippen molar-refractivity contribution in [2.24, 2.45) is 0 Å². The number of hydrogen-bond donors (Lipinski definition) is 1. The van der Waals surface area contributed by atoms with Crippen LogP contribution in [-0.4, -0.2) is 30.8 Å². The molecule has 1 aliphatic carbocycles. The maximum atomic E-state index is 14.6. The fraction of sp³-hybridized carbons (Fsp3) is 0.300. The number of aromatic nitrogens is 5. The Labute approximate surface area is 164 Å². The van der Waals surface area contributed by atoms with Crippen LogP contribution in [0.2, 0.25) is 0 Å². The van der Waals surface area contributed by atoms with Crippen LogP contribution in [0.15, 0.2) is 29.2 Å². The Bertz CT molecular complexity index is 1260. The second kappa shape index (κ2) is 5.76. The number of nitrogens with one attached hydrogen (secondary N) is 1. The average Bonchev–Trinajstić information content (AvgIpc) is 3.05. The molecule has 1 N–H and O–H groups in total. The maximum Gasteiger partial charge on any atom is 0.210 e. The summed E-state index contributed by atoms with van der Waals surface area (Å²) < 4.78 is 27.4. The molecule has 29 heavy (non-hydrogen) atoms. The highest BCUT2D eigenvalue weighted by atomic mass is 19.1. The smallest absolute Gasteiger partial charge is 0.210 e. The predicted molar refractivity (Wildman–Crippen MR) is 101 cm³/mol. The van der Waals surface area contributed by atoms with E-state index in [-0.39, 0.29) is 11.9 Å². The molecule has 9 heteroatoms. The number of anilines is 1. The van der Waals surface area contributed by atoms with Crippen LogP contribution in [0, 0.1) is 19.7 Å². The first-order valence-corrected chi connectivity index (χ1v) is 9.45.